The Labute approximate surface area is 120 Å². The molecule has 0 amide bonds. The Hall–Kier alpha value is -2.09. The maximum Gasteiger partial charge on any atom is 0.586 e. The van der Waals surface area contributed by atoms with Crippen molar-refractivity contribution in [2.24, 2.45) is 10.8 Å². The van der Waals surface area contributed by atoms with E-state index in [2.05, 4.69) is 25.2 Å². The van der Waals surface area contributed by atoms with Crippen LogP contribution < -0.4 is 26.1 Å². The number of hydrogen-bond donors (Lipinski definition) is 3. The topological polar surface area (TPSA) is 80.9 Å². The fraction of sp³-hybridized carbons (Fsp3) is 0.462. The smallest absolute Gasteiger partial charge is 0.395 e. The van der Waals surface area contributed by atoms with Gasteiger partial charge in [-0.3, -0.25) is 5.43 Å². The largest absolute Gasteiger partial charge is 0.586 e. The lowest BCUT2D eigenvalue weighted by Gasteiger charge is -2.12. The lowest BCUT2D eigenvalue weighted by Crippen LogP contribution is -2.37. The summed E-state index contributed by atoms with van der Waals surface area (Å²) < 4.78 is 34.6. The van der Waals surface area contributed by atoms with Crippen molar-refractivity contribution in [2.75, 3.05) is 5.32 Å². The van der Waals surface area contributed by atoms with Crippen LogP contribution in [-0.2, 0) is 0 Å². The van der Waals surface area contributed by atoms with Gasteiger partial charge in [-0.1, -0.05) is 12.8 Å². The minimum absolute atomic E-state index is 0.000499. The molecule has 1 aromatic rings. The van der Waals surface area contributed by atoms with Crippen LogP contribution >= 0.6 is 0 Å². The Bertz CT molecular complexity index is 559. The van der Waals surface area contributed by atoms with Crippen molar-refractivity contribution in [3.8, 4) is 11.5 Å². The Morgan fingerprint density at radius 2 is 1.95 bits per heavy atom. The van der Waals surface area contributed by atoms with Crippen molar-refractivity contribution in [3.63, 3.8) is 0 Å². The van der Waals surface area contributed by atoms with Crippen LogP contribution in [0.15, 0.2) is 23.2 Å². The second kappa shape index (κ2) is 5.36. The molecule has 1 aliphatic heterocycles. The highest BCUT2D eigenvalue weighted by Crippen LogP contribution is 2.42. The second-order valence-electron chi connectivity index (χ2n) is 5.01. The van der Waals surface area contributed by atoms with Gasteiger partial charge in [0.25, 0.3) is 0 Å². The van der Waals surface area contributed by atoms with Crippen molar-refractivity contribution in [1.82, 2.24) is 5.43 Å². The molecule has 0 saturated heterocycles. The first-order valence-electron chi connectivity index (χ1n) is 6.77. The second-order valence-corrected chi connectivity index (χ2v) is 5.01. The van der Waals surface area contributed by atoms with Gasteiger partial charge >= 0.3 is 6.29 Å². The van der Waals surface area contributed by atoms with Crippen molar-refractivity contribution < 1.29 is 18.3 Å². The lowest BCUT2D eigenvalue weighted by molar-refractivity contribution is -0.286. The summed E-state index contributed by atoms with van der Waals surface area (Å²) in [7, 11) is 0. The van der Waals surface area contributed by atoms with E-state index in [1.54, 1.807) is 6.07 Å². The molecular weight excluding hydrogens is 282 g/mol. The molecule has 0 spiro atoms. The first-order valence-corrected chi connectivity index (χ1v) is 6.77. The van der Waals surface area contributed by atoms with E-state index in [1.165, 1.54) is 12.1 Å². The van der Waals surface area contributed by atoms with Gasteiger partial charge in [-0.25, -0.2) is 10.8 Å². The maximum atomic E-state index is 12.9. The van der Waals surface area contributed by atoms with Gasteiger partial charge in [0.05, 0.1) is 6.04 Å². The van der Waals surface area contributed by atoms with E-state index < -0.39 is 6.29 Å². The number of benzene rings is 1. The molecule has 0 radical (unpaired) electrons. The van der Waals surface area contributed by atoms with E-state index >= 15 is 0 Å². The molecule has 8 heteroatoms. The molecule has 1 heterocycles. The minimum atomic E-state index is -3.62. The summed E-state index contributed by atoms with van der Waals surface area (Å²) >= 11 is 0. The number of guanidine groups is 1. The van der Waals surface area contributed by atoms with E-state index in [9.17, 15) is 8.78 Å². The molecule has 1 aromatic carbocycles. The molecule has 6 nitrogen and oxygen atoms in total. The van der Waals surface area contributed by atoms with Gasteiger partial charge in [0.15, 0.2) is 11.5 Å². The molecule has 1 fully saturated rings. The third-order valence-electron chi connectivity index (χ3n) is 3.44. The fourth-order valence-corrected chi connectivity index (χ4v) is 2.49. The molecule has 0 unspecified atom stereocenters. The molecule has 1 saturated carbocycles. The summed E-state index contributed by atoms with van der Waals surface area (Å²) in [5, 5.41) is 2.95. The third kappa shape index (κ3) is 3.15. The monoisotopic (exact) mass is 298 g/mol. The average Bonchev–Trinajstić information content (AvgIpc) is 3.03. The van der Waals surface area contributed by atoms with Gasteiger partial charge in [0, 0.05) is 11.8 Å². The van der Waals surface area contributed by atoms with E-state index in [4.69, 9.17) is 5.84 Å². The van der Waals surface area contributed by atoms with Gasteiger partial charge in [-0.2, -0.15) is 0 Å². The van der Waals surface area contributed by atoms with Crippen molar-refractivity contribution >= 4 is 11.6 Å². The van der Waals surface area contributed by atoms with Crippen LogP contribution in [0.4, 0.5) is 14.5 Å². The number of hydrazine groups is 1. The highest BCUT2D eigenvalue weighted by Gasteiger charge is 2.43. The molecule has 0 bridgehead atoms. The first-order chi connectivity index (χ1) is 10.1. The normalized spacial score (nSPS) is 20.6. The molecule has 21 heavy (non-hydrogen) atoms. The Kier molecular flexibility index (Phi) is 3.54. The van der Waals surface area contributed by atoms with Crippen LogP contribution in [-0.4, -0.2) is 18.3 Å². The highest BCUT2D eigenvalue weighted by atomic mass is 19.3. The lowest BCUT2D eigenvalue weighted by atomic mass is 10.2. The van der Waals surface area contributed by atoms with Crippen LogP contribution in [0.1, 0.15) is 25.7 Å². The predicted molar refractivity (Wildman–Crippen MR) is 73.3 cm³/mol. The maximum absolute atomic E-state index is 12.9. The van der Waals surface area contributed by atoms with Crippen molar-refractivity contribution in [2.45, 2.75) is 38.0 Å². The number of nitrogens with one attached hydrogen (secondary N) is 2. The Morgan fingerprint density at radius 3 is 2.67 bits per heavy atom. The molecule has 0 aromatic heterocycles. The van der Waals surface area contributed by atoms with Gasteiger partial charge in [-0.15, -0.1) is 8.78 Å². The summed E-state index contributed by atoms with van der Waals surface area (Å²) in [5.74, 6) is 5.81. The molecule has 1 aliphatic carbocycles. The number of nitrogens with zero attached hydrogens (tertiary/aromatic N) is 1. The molecule has 114 valence electrons. The third-order valence-corrected chi connectivity index (χ3v) is 3.44. The number of aliphatic imine (C=N–C) groups is 1. The van der Waals surface area contributed by atoms with E-state index in [0.29, 0.717) is 11.6 Å². The van der Waals surface area contributed by atoms with E-state index in [0.717, 1.165) is 25.7 Å². The van der Waals surface area contributed by atoms with Crippen molar-refractivity contribution in [1.29, 1.82) is 0 Å². The van der Waals surface area contributed by atoms with Crippen LogP contribution in [0, 0.1) is 0 Å². The Morgan fingerprint density at radius 1 is 1.24 bits per heavy atom. The molecule has 4 N–H and O–H groups in total. The van der Waals surface area contributed by atoms with Gasteiger partial charge < -0.3 is 14.8 Å². The zero-order valence-electron chi connectivity index (χ0n) is 11.2. The number of ether oxygens (including phenoxy) is 2. The summed E-state index contributed by atoms with van der Waals surface area (Å²) in [5.41, 5.74) is 3.01. The summed E-state index contributed by atoms with van der Waals surface area (Å²) in [6.45, 7) is 0. The predicted octanol–water partition coefficient (Wildman–Crippen LogP) is 2.18. The number of nitrogens with two attached hydrogens (primary N) is 1. The quantitative estimate of drug-likeness (QED) is 0.337. The standard InChI is InChI=1S/C13H16F2N4O2/c14-13(15)20-10-6-5-9(7-11(10)21-13)18-12(19-16)17-8-3-1-2-4-8/h5-8H,1-4,16H2,(H2,17,18,19). The molecular formula is C13H16F2N4O2. The van der Waals surface area contributed by atoms with E-state index in [1.807, 2.05) is 0 Å². The first kappa shape index (κ1) is 13.9. The summed E-state index contributed by atoms with van der Waals surface area (Å²) in [4.78, 5) is 4.46. The van der Waals surface area contributed by atoms with Crippen molar-refractivity contribution in [3.05, 3.63) is 18.2 Å². The number of anilines is 1. The SMILES string of the molecule is NNC(=NC1CCCC1)Nc1ccc2c(c1)OC(F)(F)O2. The van der Waals surface area contributed by atoms with E-state index in [-0.39, 0.29) is 17.5 Å². The number of rotatable bonds is 2. The Balaban J connectivity index is 1.73. The van der Waals surface area contributed by atoms with Gasteiger partial charge in [0.1, 0.15) is 0 Å². The average molecular weight is 298 g/mol. The highest BCUT2D eigenvalue weighted by molar-refractivity contribution is 5.93. The zero-order chi connectivity index (χ0) is 14.9. The van der Waals surface area contributed by atoms with Gasteiger partial charge in [-0.05, 0) is 25.0 Å². The molecule has 2 aliphatic rings. The minimum Gasteiger partial charge on any atom is -0.395 e. The fourth-order valence-electron chi connectivity index (χ4n) is 2.49. The van der Waals surface area contributed by atoms with Crippen LogP contribution in [0.5, 0.6) is 11.5 Å². The number of halogens is 2. The molecule has 0 atom stereocenters. The summed E-state index contributed by atoms with van der Waals surface area (Å²) in [6, 6.07) is 4.65. The summed E-state index contributed by atoms with van der Waals surface area (Å²) in [6.07, 6.45) is 0.754. The number of fused-ring (bicyclic) bond motifs is 1. The molecule has 3 rings (SSSR count). The van der Waals surface area contributed by atoms with Gasteiger partial charge in [0.2, 0.25) is 5.96 Å². The number of alkyl halides is 2. The number of hydrogen-bond acceptors (Lipinski definition) is 4. The van der Waals surface area contributed by atoms with Crippen LogP contribution in [0.2, 0.25) is 0 Å². The van der Waals surface area contributed by atoms with Crippen LogP contribution in [0.25, 0.3) is 0 Å². The zero-order valence-corrected chi connectivity index (χ0v) is 11.2. The van der Waals surface area contributed by atoms with Crippen LogP contribution in [0.3, 0.4) is 0 Å².